The second-order valence-electron chi connectivity index (χ2n) is 5.89. The highest BCUT2D eigenvalue weighted by atomic mass is 16.3. The average Bonchev–Trinajstić information content (AvgIpc) is 2.01. The van der Waals surface area contributed by atoms with Gasteiger partial charge in [-0.2, -0.15) is 0 Å². The van der Waals surface area contributed by atoms with Crippen LogP contribution in [0.4, 0.5) is 0 Å². The zero-order valence-electron chi connectivity index (χ0n) is 10.2. The molecule has 0 aromatic rings. The average molecular weight is 198 g/mol. The SMILES string of the molecule is CC(O)CCC1[C@@H](C)CCCC1(C)C. The van der Waals surface area contributed by atoms with Crippen LogP contribution in [0.25, 0.3) is 0 Å². The van der Waals surface area contributed by atoms with Gasteiger partial charge in [-0.3, -0.25) is 0 Å². The van der Waals surface area contributed by atoms with Gasteiger partial charge in [0.25, 0.3) is 0 Å². The second kappa shape index (κ2) is 4.65. The lowest BCUT2D eigenvalue weighted by molar-refractivity contribution is 0.0606. The van der Waals surface area contributed by atoms with Crippen LogP contribution in [0.15, 0.2) is 0 Å². The van der Waals surface area contributed by atoms with Crippen LogP contribution in [0.2, 0.25) is 0 Å². The molecule has 1 nitrogen and oxygen atoms in total. The predicted octanol–water partition coefficient (Wildman–Crippen LogP) is 3.61. The molecular weight excluding hydrogens is 172 g/mol. The van der Waals surface area contributed by atoms with E-state index in [0.29, 0.717) is 5.41 Å². The van der Waals surface area contributed by atoms with Crippen molar-refractivity contribution in [3.8, 4) is 0 Å². The summed E-state index contributed by atoms with van der Waals surface area (Å²) in [6.07, 6.45) is 6.18. The minimum absolute atomic E-state index is 0.125. The van der Waals surface area contributed by atoms with Crippen LogP contribution in [-0.2, 0) is 0 Å². The molecule has 3 atom stereocenters. The fourth-order valence-corrected chi connectivity index (χ4v) is 3.13. The summed E-state index contributed by atoms with van der Waals surface area (Å²) in [4.78, 5) is 0. The molecule has 1 N–H and O–H groups in total. The Balaban J connectivity index is 2.52. The Hall–Kier alpha value is -0.0400. The zero-order chi connectivity index (χ0) is 10.8. The van der Waals surface area contributed by atoms with Gasteiger partial charge in [0, 0.05) is 0 Å². The normalized spacial score (nSPS) is 34.1. The van der Waals surface area contributed by atoms with E-state index >= 15 is 0 Å². The van der Waals surface area contributed by atoms with Gasteiger partial charge in [0.1, 0.15) is 0 Å². The molecule has 0 heterocycles. The van der Waals surface area contributed by atoms with E-state index in [4.69, 9.17) is 0 Å². The summed E-state index contributed by atoms with van der Waals surface area (Å²) in [5.41, 5.74) is 0.493. The molecule has 0 amide bonds. The maximum absolute atomic E-state index is 9.34. The third-order valence-corrected chi connectivity index (χ3v) is 4.07. The molecule has 2 unspecified atom stereocenters. The summed E-state index contributed by atoms with van der Waals surface area (Å²) >= 11 is 0. The molecule has 0 aromatic heterocycles. The van der Waals surface area contributed by atoms with Gasteiger partial charge in [0.2, 0.25) is 0 Å². The van der Waals surface area contributed by atoms with E-state index in [1.54, 1.807) is 0 Å². The molecule has 1 aliphatic rings. The van der Waals surface area contributed by atoms with Crippen LogP contribution in [0, 0.1) is 17.3 Å². The minimum Gasteiger partial charge on any atom is -0.393 e. The molecule has 0 radical (unpaired) electrons. The predicted molar refractivity (Wildman–Crippen MR) is 61.2 cm³/mol. The lowest BCUT2D eigenvalue weighted by Crippen LogP contribution is -2.34. The van der Waals surface area contributed by atoms with Gasteiger partial charge < -0.3 is 5.11 Å². The first-order valence-corrected chi connectivity index (χ1v) is 6.11. The molecule has 1 aliphatic carbocycles. The molecule has 0 aliphatic heterocycles. The summed E-state index contributed by atoms with van der Waals surface area (Å²) in [5.74, 6) is 1.66. The van der Waals surface area contributed by atoms with Crippen molar-refractivity contribution in [3.05, 3.63) is 0 Å². The van der Waals surface area contributed by atoms with E-state index in [1.807, 2.05) is 6.92 Å². The van der Waals surface area contributed by atoms with Crippen molar-refractivity contribution < 1.29 is 5.11 Å². The van der Waals surface area contributed by atoms with Gasteiger partial charge in [0.05, 0.1) is 6.10 Å². The Morgan fingerprint density at radius 3 is 2.57 bits per heavy atom. The van der Waals surface area contributed by atoms with Crippen molar-refractivity contribution in [1.82, 2.24) is 0 Å². The fourth-order valence-electron chi connectivity index (χ4n) is 3.13. The molecule has 1 saturated carbocycles. The first-order valence-electron chi connectivity index (χ1n) is 6.11. The van der Waals surface area contributed by atoms with Gasteiger partial charge in [0.15, 0.2) is 0 Å². The van der Waals surface area contributed by atoms with Crippen LogP contribution in [-0.4, -0.2) is 11.2 Å². The number of hydrogen-bond acceptors (Lipinski definition) is 1. The van der Waals surface area contributed by atoms with E-state index in [9.17, 15) is 5.11 Å². The maximum Gasteiger partial charge on any atom is 0.0512 e. The fraction of sp³-hybridized carbons (Fsp3) is 1.00. The van der Waals surface area contributed by atoms with E-state index < -0.39 is 0 Å². The molecule has 84 valence electrons. The van der Waals surface area contributed by atoms with Crippen LogP contribution in [0.3, 0.4) is 0 Å². The standard InChI is InChI=1S/C13H26O/c1-10-6-5-9-13(3,4)12(10)8-7-11(2)14/h10-12,14H,5-9H2,1-4H3/t10-,11?,12?/m0/s1. The van der Waals surface area contributed by atoms with Crippen LogP contribution < -0.4 is 0 Å². The Kier molecular flexibility index (Phi) is 4.00. The van der Waals surface area contributed by atoms with Gasteiger partial charge in [-0.25, -0.2) is 0 Å². The number of rotatable bonds is 3. The molecule has 1 rings (SSSR count). The topological polar surface area (TPSA) is 20.2 Å². The molecule has 0 bridgehead atoms. The summed E-state index contributed by atoms with van der Waals surface area (Å²) < 4.78 is 0. The smallest absolute Gasteiger partial charge is 0.0512 e. The van der Waals surface area contributed by atoms with Crippen molar-refractivity contribution in [2.45, 2.75) is 65.9 Å². The lowest BCUT2D eigenvalue weighted by Gasteiger charge is -2.43. The molecule has 0 aromatic carbocycles. The van der Waals surface area contributed by atoms with Gasteiger partial charge in [-0.15, -0.1) is 0 Å². The lowest BCUT2D eigenvalue weighted by atomic mass is 9.62. The molecule has 1 heteroatoms. The highest BCUT2D eigenvalue weighted by Gasteiger charge is 2.36. The first-order chi connectivity index (χ1) is 6.43. The molecule has 14 heavy (non-hydrogen) atoms. The molecular formula is C13H26O. The Labute approximate surface area is 88.9 Å². The third kappa shape index (κ3) is 2.98. The highest BCUT2D eigenvalue weighted by molar-refractivity contribution is 4.86. The summed E-state index contributed by atoms with van der Waals surface area (Å²) in [5, 5.41) is 9.34. The van der Waals surface area contributed by atoms with E-state index in [-0.39, 0.29) is 6.10 Å². The van der Waals surface area contributed by atoms with Crippen LogP contribution in [0.1, 0.15) is 59.8 Å². The van der Waals surface area contributed by atoms with Crippen molar-refractivity contribution in [3.63, 3.8) is 0 Å². The Bertz CT molecular complexity index is 172. The zero-order valence-corrected chi connectivity index (χ0v) is 10.2. The quantitative estimate of drug-likeness (QED) is 0.734. The van der Waals surface area contributed by atoms with Gasteiger partial charge >= 0.3 is 0 Å². The van der Waals surface area contributed by atoms with Crippen molar-refractivity contribution in [2.24, 2.45) is 17.3 Å². The largest absolute Gasteiger partial charge is 0.393 e. The first kappa shape index (κ1) is 12.0. The van der Waals surface area contributed by atoms with E-state index in [1.165, 1.54) is 25.7 Å². The van der Waals surface area contributed by atoms with Crippen molar-refractivity contribution in [1.29, 1.82) is 0 Å². The summed E-state index contributed by atoms with van der Waals surface area (Å²) in [6.45, 7) is 9.08. The van der Waals surface area contributed by atoms with Crippen molar-refractivity contribution >= 4 is 0 Å². The third-order valence-electron chi connectivity index (χ3n) is 4.07. The molecule has 0 spiro atoms. The second-order valence-corrected chi connectivity index (χ2v) is 5.89. The maximum atomic E-state index is 9.34. The molecule has 1 fully saturated rings. The Morgan fingerprint density at radius 2 is 2.07 bits per heavy atom. The summed E-state index contributed by atoms with van der Waals surface area (Å²) in [6, 6.07) is 0. The van der Waals surface area contributed by atoms with Gasteiger partial charge in [-0.05, 0) is 43.4 Å². The molecule has 0 saturated heterocycles. The highest BCUT2D eigenvalue weighted by Crippen LogP contribution is 2.46. The summed E-state index contributed by atoms with van der Waals surface area (Å²) in [7, 11) is 0. The van der Waals surface area contributed by atoms with E-state index in [2.05, 4.69) is 20.8 Å². The van der Waals surface area contributed by atoms with Crippen LogP contribution in [0.5, 0.6) is 0 Å². The van der Waals surface area contributed by atoms with Crippen molar-refractivity contribution in [2.75, 3.05) is 0 Å². The number of aliphatic hydroxyl groups is 1. The monoisotopic (exact) mass is 198 g/mol. The number of hydrogen-bond donors (Lipinski definition) is 1. The minimum atomic E-state index is -0.125. The van der Waals surface area contributed by atoms with Crippen LogP contribution >= 0.6 is 0 Å². The van der Waals surface area contributed by atoms with Gasteiger partial charge in [-0.1, -0.05) is 33.6 Å². The number of aliphatic hydroxyl groups excluding tert-OH is 1. The van der Waals surface area contributed by atoms with E-state index in [0.717, 1.165) is 18.3 Å². The Morgan fingerprint density at radius 1 is 1.43 bits per heavy atom.